The highest BCUT2D eigenvalue weighted by molar-refractivity contribution is 5.94. The Morgan fingerprint density at radius 2 is 1.40 bits per heavy atom. The van der Waals surface area contributed by atoms with Crippen molar-refractivity contribution in [1.82, 2.24) is 19.4 Å². The number of alkyl halides is 6. The number of carbonyl (C=O) groups excluding carboxylic acids is 1. The lowest BCUT2D eigenvalue weighted by atomic mass is 10.0. The third-order valence-corrected chi connectivity index (χ3v) is 6.21. The number of carboxylic acid groups (broad SMARTS) is 2. The fourth-order valence-electron chi connectivity index (χ4n) is 4.41. The topological polar surface area (TPSA) is 116 Å². The second-order valence-electron chi connectivity index (χ2n) is 9.12. The summed E-state index contributed by atoms with van der Waals surface area (Å²) in [5.41, 5.74) is 2.70. The molecule has 1 aromatic carbocycles. The van der Waals surface area contributed by atoms with E-state index >= 15 is 0 Å². The minimum absolute atomic E-state index is 0.0373. The van der Waals surface area contributed by atoms with Crippen LogP contribution in [0.1, 0.15) is 27.8 Å². The van der Waals surface area contributed by atoms with Crippen LogP contribution < -0.4 is 0 Å². The van der Waals surface area contributed by atoms with Crippen LogP contribution in [-0.4, -0.2) is 78.9 Å². The Labute approximate surface area is 233 Å². The normalized spacial score (nSPS) is 18.2. The predicted octanol–water partition coefficient (Wildman–Crippen LogP) is 4.37. The lowest BCUT2D eigenvalue weighted by molar-refractivity contribution is -0.193. The fourth-order valence-corrected chi connectivity index (χ4v) is 4.41. The van der Waals surface area contributed by atoms with E-state index in [0.29, 0.717) is 6.54 Å². The van der Waals surface area contributed by atoms with E-state index in [1.54, 1.807) is 12.1 Å². The highest BCUT2D eigenvalue weighted by Crippen LogP contribution is 2.35. The molecule has 5 rings (SSSR count). The molecule has 4 heterocycles. The van der Waals surface area contributed by atoms with Crippen LogP contribution in [0.25, 0.3) is 0 Å². The lowest BCUT2D eigenvalue weighted by Crippen LogP contribution is -2.49. The van der Waals surface area contributed by atoms with Gasteiger partial charge in [-0.25, -0.2) is 14.0 Å². The van der Waals surface area contributed by atoms with Crippen molar-refractivity contribution in [2.24, 2.45) is 0 Å². The van der Waals surface area contributed by atoms with Crippen molar-refractivity contribution >= 4 is 17.8 Å². The average molecular weight is 604 g/mol. The van der Waals surface area contributed by atoms with Crippen LogP contribution >= 0.6 is 0 Å². The Morgan fingerprint density at radius 1 is 0.833 bits per heavy atom. The van der Waals surface area contributed by atoms with Crippen molar-refractivity contribution in [3.63, 3.8) is 0 Å². The Morgan fingerprint density at radius 3 is 1.93 bits per heavy atom. The molecule has 1 saturated heterocycles. The van der Waals surface area contributed by atoms with Crippen molar-refractivity contribution in [2.45, 2.75) is 37.5 Å². The second kappa shape index (κ2) is 13.0. The number of nitrogens with zero attached hydrogens (tertiary/aromatic N) is 4. The molecule has 42 heavy (non-hydrogen) atoms. The summed E-state index contributed by atoms with van der Waals surface area (Å²) in [6.07, 6.45) is -6.35. The van der Waals surface area contributed by atoms with Gasteiger partial charge in [-0.15, -0.1) is 0 Å². The minimum Gasteiger partial charge on any atom is -0.475 e. The van der Waals surface area contributed by atoms with Crippen molar-refractivity contribution < 1.29 is 55.3 Å². The van der Waals surface area contributed by atoms with Crippen LogP contribution in [0.15, 0.2) is 67.0 Å². The molecular weight excluding hydrogens is 581 g/mol. The van der Waals surface area contributed by atoms with E-state index in [1.165, 1.54) is 12.1 Å². The van der Waals surface area contributed by atoms with Crippen LogP contribution in [0.2, 0.25) is 0 Å². The molecule has 2 aromatic heterocycles. The van der Waals surface area contributed by atoms with Gasteiger partial charge in [0, 0.05) is 38.6 Å². The number of amides is 1. The number of likely N-dealkylation sites (tertiary alicyclic amines) is 1. The van der Waals surface area contributed by atoms with Gasteiger partial charge in [-0.2, -0.15) is 26.3 Å². The molecule has 0 bridgehead atoms. The molecule has 1 fully saturated rings. The summed E-state index contributed by atoms with van der Waals surface area (Å²) in [6, 6.07) is 16.5. The first-order valence-corrected chi connectivity index (χ1v) is 12.0. The van der Waals surface area contributed by atoms with Gasteiger partial charge in [0.15, 0.2) is 0 Å². The number of benzene rings is 1. The molecule has 0 saturated carbocycles. The number of aliphatic carboxylic acids is 2. The summed E-state index contributed by atoms with van der Waals surface area (Å²) >= 11 is 0. The Balaban J connectivity index is 0.000000289. The zero-order chi connectivity index (χ0) is 31.2. The van der Waals surface area contributed by atoms with Gasteiger partial charge in [0.05, 0.1) is 17.8 Å². The number of hydrogen-bond donors (Lipinski definition) is 2. The van der Waals surface area contributed by atoms with Crippen molar-refractivity contribution in [3.05, 3.63) is 89.8 Å². The summed E-state index contributed by atoms with van der Waals surface area (Å²) in [5, 5.41) is 14.2. The molecule has 2 unspecified atom stereocenters. The van der Waals surface area contributed by atoms with Gasteiger partial charge in [-0.3, -0.25) is 14.7 Å². The van der Waals surface area contributed by atoms with E-state index in [9.17, 15) is 35.5 Å². The fraction of sp³-hybridized carbons (Fsp3) is 0.308. The summed E-state index contributed by atoms with van der Waals surface area (Å²) in [4.78, 5) is 39.7. The molecule has 9 nitrogen and oxygen atoms in total. The number of carboxylic acids is 2. The van der Waals surface area contributed by atoms with Gasteiger partial charge in [-0.05, 0) is 42.0 Å². The molecule has 16 heteroatoms. The third kappa shape index (κ3) is 8.28. The number of fused-ring (bicyclic) bond motifs is 3. The van der Waals surface area contributed by atoms with E-state index in [4.69, 9.17) is 19.8 Å². The monoisotopic (exact) mass is 604 g/mol. The highest BCUT2D eigenvalue weighted by Gasteiger charge is 2.45. The van der Waals surface area contributed by atoms with Gasteiger partial charge in [0.2, 0.25) is 0 Å². The van der Waals surface area contributed by atoms with Crippen molar-refractivity contribution in [1.29, 1.82) is 0 Å². The standard InChI is InChI=1S/C22H21FN4O.2C2HF3O2/c23-17-8-6-16(7-9-17)12-27-21-15-25(13-18-4-1-2-10-24-18)14-20(21)26-11-3-5-19(26)22(27)28;2*3-2(4,5)1(6)7/h1-11,20-21H,12-15H2;2*(H,6,7). The maximum atomic E-state index is 13.3. The SMILES string of the molecule is O=C(O)C(F)(F)F.O=C(O)C(F)(F)F.O=C1c2cccn2C2CN(Cc3ccccn3)CC2N1Cc1ccc(F)cc1. The summed E-state index contributed by atoms with van der Waals surface area (Å²) in [5.74, 6) is -5.74. The Bertz CT molecular complexity index is 1350. The number of carbonyl (C=O) groups is 3. The molecule has 0 aliphatic carbocycles. The summed E-state index contributed by atoms with van der Waals surface area (Å²) in [6.45, 7) is 2.92. The average Bonchev–Trinajstić information content (AvgIpc) is 3.55. The molecule has 2 aliphatic heterocycles. The number of rotatable bonds is 4. The van der Waals surface area contributed by atoms with Crippen molar-refractivity contribution in [2.75, 3.05) is 13.1 Å². The molecule has 1 amide bonds. The van der Waals surface area contributed by atoms with Crippen molar-refractivity contribution in [3.8, 4) is 0 Å². The first kappa shape index (κ1) is 32.0. The molecule has 2 N–H and O–H groups in total. The zero-order valence-electron chi connectivity index (χ0n) is 21.4. The molecule has 2 atom stereocenters. The third-order valence-electron chi connectivity index (χ3n) is 6.21. The second-order valence-corrected chi connectivity index (χ2v) is 9.12. The maximum absolute atomic E-state index is 13.3. The van der Waals surface area contributed by atoms with E-state index in [2.05, 4.69) is 14.5 Å². The molecular formula is C26H23F7N4O5. The molecule has 0 spiro atoms. The number of hydrogen-bond acceptors (Lipinski definition) is 5. The largest absolute Gasteiger partial charge is 0.490 e. The number of halogens is 7. The molecule has 2 aliphatic rings. The Kier molecular flexibility index (Phi) is 9.93. The van der Waals surface area contributed by atoms with E-state index in [0.717, 1.165) is 36.6 Å². The summed E-state index contributed by atoms with van der Waals surface area (Å²) < 4.78 is 78.9. The zero-order valence-corrected chi connectivity index (χ0v) is 21.4. The van der Waals surface area contributed by atoms with Gasteiger partial charge in [0.1, 0.15) is 11.5 Å². The van der Waals surface area contributed by atoms with Crippen LogP contribution in [0, 0.1) is 5.82 Å². The van der Waals surface area contributed by atoms with Gasteiger partial charge >= 0.3 is 24.3 Å². The Hall–Kier alpha value is -4.47. The van der Waals surface area contributed by atoms with Gasteiger partial charge in [0.25, 0.3) is 5.91 Å². The predicted molar refractivity (Wildman–Crippen MR) is 130 cm³/mol. The lowest BCUT2D eigenvalue weighted by Gasteiger charge is -2.38. The van der Waals surface area contributed by atoms with Gasteiger partial charge in [-0.1, -0.05) is 18.2 Å². The molecule has 3 aromatic rings. The molecule has 0 radical (unpaired) electrons. The first-order valence-electron chi connectivity index (χ1n) is 12.0. The van der Waals surface area contributed by atoms with E-state index < -0.39 is 24.3 Å². The highest BCUT2D eigenvalue weighted by atomic mass is 19.4. The quantitative estimate of drug-likeness (QED) is 0.425. The summed E-state index contributed by atoms with van der Waals surface area (Å²) in [7, 11) is 0. The van der Waals surface area contributed by atoms with E-state index in [-0.39, 0.29) is 23.8 Å². The number of aromatic nitrogens is 2. The van der Waals surface area contributed by atoms with Crippen LogP contribution in [0.4, 0.5) is 30.7 Å². The number of pyridine rings is 1. The molecule has 226 valence electrons. The van der Waals surface area contributed by atoms with Crippen LogP contribution in [-0.2, 0) is 22.7 Å². The smallest absolute Gasteiger partial charge is 0.475 e. The van der Waals surface area contributed by atoms with Crippen LogP contribution in [0.3, 0.4) is 0 Å². The maximum Gasteiger partial charge on any atom is 0.490 e. The minimum atomic E-state index is -5.08. The van der Waals surface area contributed by atoms with E-state index in [1.807, 2.05) is 47.6 Å². The van der Waals surface area contributed by atoms with Gasteiger partial charge < -0.3 is 19.7 Å². The van der Waals surface area contributed by atoms with Crippen LogP contribution in [0.5, 0.6) is 0 Å². The first-order chi connectivity index (χ1) is 19.6.